The number of rotatable bonds is 2. The molecule has 0 spiro atoms. The number of nitrogens with zero attached hydrogens (tertiary/aromatic N) is 4. The maximum Gasteiger partial charge on any atom is 0.247 e. The van der Waals surface area contributed by atoms with Gasteiger partial charge in [-0.2, -0.15) is 9.40 Å². The van der Waals surface area contributed by atoms with Gasteiger partial charge in [-0.15, -0.1) is 0 Å². The Bertz CT molecular complexity index is 739. The lowest BCUT2D eigenvalue weighted by Gasteiger charge is -2.26. The molecule has 1 aliphatic heterocycles. The minimum atomic E-state index is -3.52. The molecule has 0 saturated carbocycles. The van der Waals surface area contributed by atoms with Crippen LogP contribution in [0.15, 0.2) is 11.2 Å². The SMILES string of the molecule is Cc1n[nH]c(C)c1S(=O)(=O)N1CCc2ncn(C)c2C1. The van der Waals surface area contributed by atoms with E-state index >= 15 is 0 Å². The summed E-state index contributed by atoms with van der Waals surface area (Å²) in [7, 11) is -1.63. The monoisotopic (exact) mass is 295 g/mol. The highest BCUT2D eigenvalue weighted by atomic mass is 32.2. The third kappa shape index (κ3) is 1.87. The van der Waals surface area contributed by atoms with Crippen molar-refractivity contribution >= 4 is 10.0 Å². The number of aryl methyl sites for hydroxylation is 3. The van der Waals surface area contributed by atoms with E-state index in [1.807, 2.05) is 11.6 Å². The fourth-order valence-corrected chi connectivity index (χ4v) is 4.38. The Hall–Kier alpha value is -1.67. The number of imidazole rings is 1. The first-order valence-electron chi connectivity index (χ1n) is 6.42. The van der Waals surface area contributed by atoms with Crippen molar-refractivity contribution < 1.29 is 8.42 Å². The molecule has 2 aromatic rings. The molecule has 0 unspecified atom stereocenters. The van der Waals surface area contributed by atoms with Crippen LogP contribution in [0.5, 0.6) is 0 Å². The van der Waals surface area contributed by atoms with E-state index in [-0.39, 0.29) is 0 Å². The number of fused-ring (bicyclic) bond motifs is 1. The lowest BCUT2D eigenvalue weighted by molar-refractivity contribution is 0.379. The molecular formula is C12H17N5O2S. The Morgan fingerprint density at radius 3 is 2.75 bits per heavy atom. The van der Waals surface area contributed by atoms with Crippen molar-refractivity contribution in [2.45, 2.75) is 31.7 Å². The largest absolute Gasteiger partial charge is 0.336 e. The van der Waals surface area contributed by atoms with Crippen LogP contribution in [-0.2, 0) is 30.0 Å². The second-order valence-electron chi connectivity index (χ2n) is 5.10. The molecule has 1 N–H and O–H groups in total. The van der Waals surface area contributed by atoms with Gasteiger partial charge in [0.1, 0.15) is 4.90 Å². The summed E-state index contributed by atoms with van der Waals surface area (Å²) in [6.07, 6.45) is 2.38. The van der Waals surface area contributed by atoms with Crippen LogP contribution in [0.2, 0.25) is 0 Å². The highest BCUT2D eigenvalue weighted by Crippen LogP contribution is 2.26. The van der Waals surface area contributed by atoms with E-state index in [9.17, 15) is 8.42 Å². The molecule has 0 radical (unpaired) electrons. The van der Waals surface area contributed by atoms with Crippen LogP contribution in [0.1, 0.15) is 22.8 Å². The van der Waals surface area contributed by atoms with Crippen molar-refractivity contribution in [3.63, 3.8) is 0 Å². The summed E-state index contributed by atoms with van der Waals surface area (Å²) < 4.78 is 28.9. The lowest BCUT2D eigenvalue weighted by atomic mass is 10.2. The summed E-state index contributed by atoms with van der Waals surface area (Å²) in [6, 6.07) is 0. The Kier molecular flexibility index (Phi) is 2.94. The summed E-state index contributed by atoms with van der Waals surface area (Å²) in [4.78, 5) is 4.59. The molecule has 0 fully saturated rings. The molecule has 0 bridgehead atoms. The van der Waals surface area contributed by atoms with Crippen molar-refractivity contribution in [2.24, 2.45) is 7.05 Å². The van der Waals surface area contributed by atoms with Gasteiger partial charge in [0.2, 0.25) is 10.0 Å². The van der Waals surface area contributed by atoms with Crippen LogP contribution < -0.4 is 0 Å². The third-order valence-corrected chi connectivity index (χ3v) is 5.84. The second kappa shape index (κ2) is 4.42. The maximum atomic E-state index is 12.8. The number of sulfonamides is 1. The van der Waals surface area contributed by atoms with Crippen LogP contribution >= 0.6 is 0 Å². The topological polar surface area (TPSA) is 83.9 Å². The smallest absolute Gasteiger partial charge is 0.247 e. The Labute approximate surface area is 117 Å². The second-order valence-corrected chi connectivity index (χ2v) is 6.98. The minimum Gasteiger partial charge on any atom is -0.336 e. The van der Waals surface area contributed by atoms with Crippen LogP contribution in [0, 0.1) is 13.8 Å². The Morgan fingerprint density at radius 1 is 1.35 bits per heavy atom. The van der Waals surface area contributed by atoms with Gasteiger partial charge >= 0.3 is 0 Å². The number of H-pyrrole nitrogens is 1. The fraction of sp³-hybridized carbons (Fsp3) is 0.500. The van der Waals surface area contributed by atoms with E-state index in [0.717, 1.165) is 11.4 Å². The lowest BCUT2D eigenvalue weighted by Crippen LogP contribution is -2.37. The molecule has 0 saturated heterocycles. The molecular weight excluding hydrogens is 278 g/mol. The highest BCUT2D eigenvalue weighted by molar-refractivity contribution is 7.89. The molecule has 1 aliphatic rings. The van der Waals surface area contributed by atoms with Crippen LogP contribution in [0.25, 0.3) is 0 Å². The number of hydrogen-bond acceptors (Lipinski definition) is 4. The average molecular weight is 295 g/mol. The van der Waals surface area contributed by atoms with Crippen molar-refractivity contribution in [1.82, 2.24) is 24.1 Å². The zero-order valence-electron chi connectivity index (χ0n) is 11.7. The van der Waals surface area contributed by atoms with E-state index in [0.29, 0.717) is 35.8 Å². The predicted molar refractivity (Wildman–Crippen MR) is 72.6 cm³/mol. The van der Waals surface area contributed by atoms with Gasteiger partial charge in [0.25, 0.3) is 0 Å². The quantitative estimate of drug-likeness (QED) is 0.875. The van der Waals surface area contributed by atoms with Gasteiger partial charge in [-0.3, -0.25) is 5.10 Å². The Balaban J connectivity index is 2.00. The molecule has 0 aromatic carbocycles. The molecule has 7 nitrogen and oxygen atoms in total. The van der Waals surface area contributed by atoms with Crippen molar-refractivity contribution in [3.8, 4) is 0 Å². The molecule has 20 heavy (non-hydrogen) atoms. The molecule has 3 heterocycles. The van der Waals surface area contributed by atoms with Gasteiger partial charge in [-0.25, -0.2) is 13.4 Å². The molecule has 0 aliphatic carbocycles. The van der Waals surface area contributed by atoms with Crippen molar-refractivity contribution in [2.75, 3.05) is 6.54 Å². The molecule has 3 rings (SSSR count). The van der Waals surface area contributed by atoms with Gasteiger partial charge in [-0.1, -0.05) is 0 Å². The van der Waals surface area contributed by atoms with Crippen LogP contribution in [0.3, 0.4) is 0 Å². The number of nitrogens with one attached hydrogen (secondary N) is 1. The van der Waals surface area contributed by atoms with Gasteiger partial charge in [0.05, 0.1) is 35.6 Å². The first-order chi connectivity index (χ1) is 9.41. The average Bonchev–Trinajstić information content (AvgIpc) is 2.93. The first kappa shape index (κ1) is 13.3. The first-order valence-corrected chi connectivity index (χ1v) is 7.86. The number of aromatic amines is 1. The normalized spacial score (nSPS) is 16.4. The Morgan fingerprint density at radius 2 is 2.10 bits per heavy atom. The highest BCUT2D eigenvalue weighted by Gasteiger charge is 2.33. The van der Waals surface area contributed by atoms with E-state index in [4.69, 9.17) is 0 Å². The van der Waals surface area contributed by atoms with Crippen molar-refractivity contribution in [3.05, 3.63) is 29.1 Å². The van der Waals surface area contributed by atoms with Gasteiger partial charge < -0.3 is 4.57 Å². The molecule has 8 heteroatoms. The number of aromatic nitrogens is 4. The van der Waals surface area contributed by atoms with Gasteiger partial charge in [0, 0.05) is 20.0 Å². The van der Waals surface area contributed by atoms with Gasteiger partial charge in [-0.05, 0) is 13.8 Å². The van der Waals surface area contributed by atoms with Crippen molar-refractivity contribution in [1.29, 1.82) is 0 Å². The third-order valence-electron chi connectivity index (χ3n) is 3.73. The summed E-state index contributed by atoms with van der Waals surface area (Å²) in [6.45, 7) is 4.25. The molecule has 0 atom stereocenters. The zero-order valence-corrected chi connectivity index (χ0v) is 12.5. The van der Waals surface area contributed by atoms with E-state index < -0.39 is 10.0 Å². The summed E-state index contributed by atoms with van der Waals surface area (Å²) in [5.74, 6) is 0. The van der Waals surface area contributed by atoms with E-state index in [1.54, 1.807) is 20.2 Å². The summed E-state index contributed by atoms with van der Waals surface area (Å²) in [5.41, 5.74) is 3.04. The maximum absolute atomic E-state index is 12.8. The van der Waals surface area contributed by atoms with Crippen LogP contribution in [-0.4, -0.2) is 39.0 Å². The summed E-state index contributed by atoms with van der Waals surface area (Å²) >= 11 is 0. The summed E-state index contributed by atoms with van der Waals surface area (Å²) in [5, 5.41) is 6.72. The molecule has 0 amide bonds. The molecule has 108 valence electrons. The van der Waals surface area contributed by atoms with E-state index in [2.05, 4.69) is 15.2 Å². The zero-order chi connectivity index (χ0) is 14.5. The minimum absolute atomic E-state index is 0.295. The number of hydrogen-bond donors (Lipinski definition) is 1. The predicted octanol–water partition coefficient (Wildman–Crippen LogP) is 0.507. The molecule has 2 aromatic heterocycles. The fourth-order valence-electron chi connectivity index (χ4n) is 2.65. The van der Waals surface area contributed by atoms with E-state index in [1.165, 1.54) is 4.31 Å². The van der Waals surface area contributed by atoms with Gasteiger partial charge in [0.15, 0.2) is 0 Å². The standard InChI is InChI=1S/C12H17N5O2S/c1-8-12(9(2)15-14-8)20(18,19)17-5-4-10-11(6-17)16(3)7-13-10/h7H,4-6H2,1-3H3,(H,14,15). The van der Waals surface area contributed by atoms with Crippen LogP contribution in [0.4, 0.5) is 0 Å².